The molecule has 1 saturated heterocycles. The van der Waals surface area contributed by atoms with Crippen molar-refractivity contribution in [1.82, 2.24) is 9.80 Å². The van der Waals surface area contributed by atoms with Gasteiger partial charge in [0.2, 0.25) is 0 Å². The molecule has 3 nitrogen and oxygen atoms in total. The molecule has 0 aliphatic carbocycles. The van der Waals surface area contributed by atoms with Crippen LogP contribution in [-0.2, 0) is 12.8 Å². The van der Waals surface area contributed by atoms with Crippen LogP contribution in [0.2, 0.25) is 0 Å². The van der Waals surface area contributed by atoms with E-state index in [0.717, 1.165) is 12.8 Å². The molecular formula is C16H27N3. The van der Waals surface area contributed by atoms with Crippen LogP contribution in [0.1, 0.15) is 18.1 Å². The minimum Gasteiger partial charge on any atom is -0.328 e. The van der Waals surface area contributed by atoms with Gasteiger partial charge in [0, 0.05) is 38.8 Å². The van der Waals surface area contributed by atoms with Gasteiger partial charge >= 0.3 is 0 Å². The fourth-order valence-corrected chi connectivity index (χ4v) is 2.57. The van der Waals surface area contributed by atoms with Gasteiger partial charge in [0.05, 0.1) is 0 Å². The molecule has 2 N–H and O–H groups in total. The van der Waals surface area contributed by atoms with Gasteiger partial charge in [0.25, 0.3) is 0 Å². The van der Waals surface area contributed by atoms with Gasteiger partial charge in [-0.15, -0.1) is 0 Å². The van der Waals surface area contributed by atoms with Crippen molar-refractivity contribution in [3.8, 4) is 0 Å². The van der Waals surface area contributed by atoms with E-state index >= 15 is 0 Å². The highest BCUT2D eigenvalue weighted by Crippen LogP contribution is 2.08. The Bertz CT molecular complexity index is 364. The van der Waals surface area contributed by atoms with Gasteiger partial charge in [-0.1, -0.05) is 24.3 Å². The Morgan fingerprint density at radius 1 is 1.05 bits per heavy atom. The maximum Gasteiger partial charge on any atom is 0.0110 e. The number of benzene rings is 1. The summed E-state index contributed by atoms with van der Waals surface area (Å²) in [5.74, 6) is 0. The van der Waals surface area contributed by atoms with Gasteiger partial charge in [-0.3, -0.25) is 0 Å². The average Bonchev–Trinajstić information content (AvgIpc) is 2.39. The quantitative estimate of drug-likeness (QED) is 0.869. The lowest BCUT2D eigenvalue weighted by molar-refractivity contribution is 0.155. The second kappa shape index (κ2) is 7.04. The lowest BCUT2D eigenvalue weighted by atomic mass is 10.0. The standard InChI is InChI=1S/C16H27N3/c1-14(17)13-16-5-3-15(4-6-16)7-8-19-11-9-18(2)10-12-19/h3-6,14H,7-13,17H2,1-2H3. The lowest BCUT2D eigenvalue weighted by Crippen LogP contribution is -2.45. The van der Waals surface area contributed by atoms with Crippen LogP contribution in [0, 0.1) is 0 Å². The number of piperazine rings is 1. The van der Waals surface area contributed by atoms with Crippen LogP contribution < -0.4 is 5.73 Å². The van der Waals surface area contributed by atoms with E-state index in [0.29, 0.717) is 0 Å². The van der Waals surface area contributed by atoms with Crippen molar-refractivity contribution in [3.63, 3.8) is 0 Å². The van der Waals surface area contributed by atoms with Crippen LogP contribution in [0.15, 0.2) is 24.3 Å². The Kier molecular flexibility index (Phi) is 5.37. The van der Waals surface area contributed by atoms with Crippen molar-refractivity contribution in [1.29, 1.82) is 0 Å². The van der Waals surface area contributed by atoms with Crippen LogP contribution in [-0.4, -0.2) is 55.6 Å². The Hall–Kier alpha value is -0.900. The number of nitrogens with two attached hydrogens (primary N) is 1. The maximum atomic E-state index is 5.82. The van der Waals surface area contributed by atoms with Crippen molar-refractivity contribution in [2.24, 2.45) is 5.73 Å². The first-order valence-electron chi connectivity index (χ1n) is 7.38. The molecule has 0 bridgehead atoms. The van der Waals surface area contributed by atoms with E-state index < -0.39 is 0 Å². The molecule has 1 atom stereocenters. The van der Waals surface area contributed by atoms with Crippen molar-refractivity contribution in [2.75, 3.05) is 39.8 Å². The molecule has 1 aliphatic rings. The van der Waals surface area contributed by atoms with Crippen LogP contribution >= 0.6 is 0 Å². The van der Waals surface area contributed by atoms with E-state index in [1.807, 2.05) is 0 Å². The lowest BCUT2D eigenvalue weighted by Gasteiger charge is -2.32. The summed E-state index contributed by atoms with van der Waals surface area (Å²) in [6.45, 7) is 8.06. The predicted molar refractivity (Wildman–Crippen MR) is 81.4 cm³/mol. The molecule has 0 radical (unpaired) electrons. The van der Waals surface area contributed by atoms with Crippen LogP contribution in [0.4, 0.5) is 0 Å². The molecule has 0 aromatic heterocycles. The monoisotopic (exact) mass is 261 g/mol. The molecule has 1 aliphatic heterocycles. The topological polar surface area (TPSA) is 32.5 Å². The highest BCUT2D eigenvalue weighted by molar-refractivity contribution is 5.23. The SMILES string of the molecule is CC(N)Cc1ccc(CCN2CCN(C)CC2)cc1. The summed E-state index contributed by atoms with van der Waals surface area (Å²) in [5, 5.41) is 0. The molecule has 1 heterocycles. The molecule has 2 rings (SSSR count). The van der Waals surface area contributed by atoms with E-state index in [1.54, 1.807) is 0 Å². The summed E-state index contributed by atoms with van der Waals surface area (Å²) < 4.78 is 0. The number of nitrogens with zero attached hydrogens (tertiary/aromatic N) is 2. The van der Waals surface area contributed by atoms with Gasteiger partial charge in [-0.2, -0.15) is 0 Å². The summed E-state index contributed by atoms with van der Waals surface area (Å²) in [7, 11) is 2.20. The highest BCUT2D eigenvalue weighted by atomic mass is 15.2. The molecule has 0 saturated carbocycles. The summed E-state index contributed by atoms with van der Waals surface area (Å²) in [5.41, 5.74) is 8.60. The zero-order valence-corrected chi connectivity index (χ0v) is 12.3. The molecule has 19 heavy (non-hydrogen) atoms. The number of hydrogen-bond acceptors (Lipinski definition) is 3. The summed E-state index contributed by atoms with van der Waals surface area (Å²) in [6, 6.07) is 9.21. The first kappa shape index (κ1) is 14.5. The fraction of sp³-hybridized carbons (Fsp3) is 0.625. The molecule has 1 fully saturated rings. The first-order valence-corrected chi connectivity index (χ1v) is 7.38. The van der Waals surface area contributed by atoms with Crippen LogP contribution in [0.25, 0.3) is 0 Å². The minimum absolute atomic E-state index is 0.246. The van der Waals surface area contributed by atoms with Crippen molar-refractivity contribution in [3.05, 3.63) is 35.4 Å². The first-order chi connectivity index (χ1) is 9.13. The molecule has 1 unspecified atom stereocenters. The molecule has 1 aromatic rings. The van der Waals surface area contributed by atoms with E-state index in [1.165, 1.54) is 43.9 Å². The predicted octanol–water partition coefficient (Wildman–Crippen LogP) is 1.37. The Morgan fingerprint density at radius 3 is 2.21 bits per heavy atom. The van der Waals surface area contributed by atoms with Gasteiger partial charge < -0.3 is 15.5 Å². The van der Waals surface area contributed by atoms with Crippen LogP contribution in [0.3, 0.4) is 0 Å². The fourth-order valence-electron chi connectivity index (χ4n) is 2.57. The second-order valence-electron chi connectivity index (χ2n) is 5.89. The van der Waals surface area contributed by atoms with Crippen molar-refractivity contribution < 1.29 is 0 Å². The van der Waals surface area contributed by atoms with Gasteiger partial charge in [-0.05, 0) is 37.9 Å². The van der Waals surface area contributed by atoms with Crippen molar-refractivity contribution >= 4 is 0 Å². The normalized spacial score (nSPS) is 19.5. The molecular weight excluding hydrogens is 234 g/mol. The second-order valence-corrected chi connectivity index (χ2v) is 5.89. The zero-order chi connectivity index (χ0) is 13.7. The average molecular weight is 261 g/mol. The van der Waals surface area contributed by atoms with E-state index in [4.69, 9.17) is 5.73 Å². The van der Waals surface area contributed by atoms with Crippen LogP contribution in [0.5, 0.6) is 0 Å². The maximum absolute atomic E-state index is 5.82. The third-order valence-electron chi connectivity index (χ3n) is 3.89. The smallest absolute Gasteiger partial charge is 0.0110 e. The number of likely N-dealkylation sites (N-methyl/N-ethyl adjacent to an activating group) is 1. The number of hydrogen-bond donors (Lipinski definition) is 1. The third kappa shape index (κ3) is 4.94. The molecule has 3 heteroatoms. The van der Waals surface area contributed by atoms with E-state index in [2.05, 4.69) is 48.0 Å². The van der Waals surface area contributed by atoms with Gasteiger partial charge in [0.15, 0.2) is 0 Å². The minimum atomic E-state index is 0.246. The van der Waals surface area contributed by atoms with Gasteiger partial charge in [0.1, 0.15) is 0 Å². The zero-order valence-electron chi connectivity index (χ0n) is 12.3. The summed E-state index contributed by atoms with van der Waals surface area (Å²) in [6.07, 6.45) is 2.13. The Balaban J connectivity index is 1.76. The molecule has 1 aromatic carbocycles. The van der Waals surface area contributed by atoms with E-state index in [9.17, 15) is 0 Å². The van der Waals surface area contributed by atoms with E-state index in [-0.39, 0.29) is 6.04 Å². The molecule has 0 amide bonds. The Morgan fingerprint density at radius 2 is 1.63 bits per heavy atom. The van der Waals surface area contributed by atoms with Gasteiger partial charge in [-0.25, -0.2) is 0 Å². The third-order valence-corrected chi connectivity index (χ3v) is 3.89. The largest absolute Gasteiger partial charge is 0.328 e. The Labute approximate surface area is 117 Å². The molecule has 0 spiro atoms. The number of rotatable bonds is 5. The highest BCUT2D eigenvalue weighted by Gasteiger charge is 2.12. The summed E-state index contributed by atoms with van der Waals surface area (Å²) >= 11 is 0. The molecule has 106 valence electrons. The summed E-state index contributed by atoms with van der Waals surface area (Å²) in [4.78, 5) is 4.97. The van der Waals surface area contributed by atoms with Crippen molar-refractivity contribution in [2.45, 2.75) is 25.8 Å².